The Kier molecular flexibility index (Phi) is 14.6. The molecule has 4 atom stereocenters. The highest BCUT2D eigenvalue weighted by Gasteiger charge is 2.50. The molecule has 0 radical (unpaired) electrons. The van der Waals surface area contributed by atoms with Gasteiger partial charge >= 0.3 is 0 Å². The number of unbranched alkanes of at least 4 members (excludes halogenated alkanes) is 6. The number of nitrogens with one attached hydrogen (secondary N) is 1. The van der Waals surface area contributed by atoms with Crippen molar-refractivity contribution < 1.29 is 14.4 Å². The number of primary amides is 1. The van der Waals surface area contributed by atoms with E-state index in [4.69, 9.17) is 11.5 Å². The Balaban J connectivity index is 3.20. The lowest BCUT2D eigenvalue weighted by molar-refractivity contribution is -0.143. The minimum atomic E-state index is -1.46. The predicted octanol–water partition coefficient (Wildman–Crippen LogP) is 5.31. The second-order valence-electron chi connectivity index (χ2n) is 10.8. The van der Waals surface area contributed by atoms with E-state index in [1.165, 1.54) is 19.3 Å². The monoisotopic (exact) mass is 501 g/mol. The van der Waals surface area contributed by atoms with Gasteiger partial charge in [0.25, 0.3) is 0 Å². The fourth-order valence-electron chi connectivity index (χ4n) is 5.20. The van der Waals surface area contributed by atoms with Gasteiger partial charge in [-0.25, -0.2) is 0 Å². The van der Waals surface area contributed by atoms with Crippen LogP contribution in [0.3, 0.4) is 0 Å². The number of nitrogens with two attached hydrogens (primary N) is 2. The number of rotatable bonds is 19. The molecule has 5 N–H and O–H groups in total. The van der Waals surface area contributed by atoms with Crippen molar-refractivity contribution in [2.24, 2.45) is 29.2 Å². The van der Waals surface area contributed by atoms with Crippen molar-refractivity contribution >= 4 is 17.6 Å². The number of Topliss-reactive ketones (excluding diaryl/α,β-unsaturated/α-hetero) is 1. The highest BCUT2D eigenvalue weighted by atomic mass is 16.2. The van der Waals surface area contributed by atoms with E-state index in [1.54, 1.807) is 0 Å². The summed E-state index contributed by atoms with van der Waals surface area (Å²) in [5.74, 6) is -2.17. The summed E-state index contributed by atoms with van der Waals surface area (Å²) in [5, 5.41) is 2.95. The van der Waals surface area contributed by atoms with E-state index in [0.717, 1.165) is 37.7 Å². The highest BCUT2D eigenvalue weighted by molar-refractivity contribution is 5.98. The van der Waals surface area contributed by atoms with Crippen LogP contribution in [-0.4, -0.2) is 29.2 Å². The molecule has 0 aliphatic heterocycles. The molecule has 4 unspecified atom stereocenters. The molecule has 0 aromatic heterocycles. The number of carbonyl (C=O) groups is 3. The van der Waals surface area contributed by atoms with Gasteiger partial charge in [0.1, 0.15) is 11.3 Å². The van der Waals surface area contributed by atoms with Crippen LogP contribution < -0.4 is 16.8 Å². The molecule has 2 amide bonds. The van der Waals surface area contributed by atoms with Crippen LogP contribution in [0.25, 0.3) is 0 Å². The first kappa shape index (κ1) is 31.8. The maximum absolute atomic E-state index is 13.8. The van der Waals surface area contributed by atoms with Crippen molar-refractivity contribution in [1.82, 2.24) is 5.32 Å². The van der Waals surface area contributed by atoms with Gasteiger partial charge in [-0.05, 0) is 30.7 Å². The molecule has 0 saturated carbocycles. The summed E-state index contributed by atoms with van der Waals surface area (Å²) in [6.45, 7) is 10.1. The van der Waals surface area contributed by atoms with E-state index >= 15 is 0 Å². The summed E-state index contributed by atoms with van der Waals surface area (Å²) >= 11 is 0. The maximum atomic E-state index is 13.8. The second kappa shape index (κ2) is 16.5. The first-order valence-electron chi connectivity index (χ1n) is 14.1. The third-order valence-electron chi connectivity index (χ3n) is 7.33. The molecule has 0 aliphatic carbocycles. The van der Waals surface area contributed by atoms with Crippen molar-refractivity contribution in [3.05, 3.63) is 35.9 Å². The normalized spacial score (nSPS) is 15.6. The Morgan fingerprint density at radius 3 is 2.03 bits per heavy atom. The summed E-state index contributed by atoms with van der Waals surface area (Å²) in [6.07, 6.45) is 9.59. The molecular weight excluding hydrogens is 450 g/mol. The number of hydrogen-bond donors (Lipinski definition) is 3. The number of amides is 2. The Hall–Kier alpha value is -2.21. The van der Waals surface area contributed by atoms with Crippen LogP contribution in [0.5, 0.6) is 0 Å². The van der Waals surface area contributed by atoms with Crippen LogP contribution in [0.15, 0.2) is 30.3 Å². The quantitative estimate of drug-likeness (QED) is 0.223. The van der Waals surface area contributed by atoms with Crippen molar-refractivity contribution in [1.29, 1.82) is 0 Å². The van der Waals surface area contributed by atoms with Gasteiger partial charge in [-0.3, -0.25) is 14.4 Å². The van der Waals surface area contributed by atoms with E-state index in [-0.39, 0.29) is 17.6 Å². The summed E-state index contributed by atoms with van der Waals surface area (Å²) in [6, 6.07) is 8.68. The van der Waals surface area contributed by atoms with Crippen molar-refractivity contribution in [2.75, 3.05) is 0 Å². The highest BCUT2D eigenvalue weighted by Crippen LogP contribution is 2.34. The predicted molar refractivity (Wildman–Crippen MR) is 148 cm³/mol. The van der Waals surface area contributed by atoms with E-state index in [0.29, 0.717) is 19.3 Å². The van der Waals surface area contributed by atoms with Gasteiger partial charge in [0, 0.05) is 5.92 Å². The standard InChI is InChI=1S/C30H51N3O3/c1-6-8-10-11-13-17-23(5)27(34)26(22(3)4)30(29(32)36,20-16-9-7-2)33-28(35)25(31)21-24-18-14-12-15-19-24/h12,14-15,18-19,22-23,25-26H,6-11,13,16-17,20-21,31H2,1-5H3,(H2,32,36)(H,33,35). The number of benzene rings is 1. The zero-order valence-electron chi connectivity index (χ0n) is 23.4. The number of carbonyl (C=O) groups excluding carboxylic acids is 3. The molecule has 0 heterocycles. The Labute approximate surface area is 219 Å². The first-order valence-corrected chi connectivity index (χ1v) is 14.1. The van der Waals surface area contributed by atoms with Gasteiger partial charge in [-0.15, -0.1) is 0 Å². The molecule has 1 aromatic rings. The SMILES string of the molecule is CCCCCCCC(C)C(=O)C(C(C)C)C(CCCCC)(NC(=O)C(N)Cc1ccccc1)C(N)=O. The average molecular weight is 502 g/mol. The van der Waals surface area contributed by atoms with E-state index in [2.05, 4.69) is 19.2 Å². The zero-order chi connectivity index (χ0) is 27.1. The lowest BCUT2D eigenvalue weighted by Crippen LogP contribution is -2.67. The van der Waals surface area contributed by atoms with E-state index in [1.807, 2.05) is 51.1 Å². The van der Waals surface area contributed by atoms with Crippen LogP contribution in [-0.2, 0) is 20.8 Å². The van der Waals surface area contributed by atoms with Crippen LogP contribution >= 0.6 is 0 Å². The van der Waals surface area contributed by atoms with Crippen LogP contribution in [0.2, 0.25) is 0 Å². The molecule has 1 rings (SSSR count). The van der Waals surface area contributed by atoms with E-state index in [9.17, 15) is 14.4 Å². The van der Waals surface area contributed by atoms with Crippen molar-refractivity contribution in [3.63, 3.8) is 0 Å². The number of hydrogen-bond acceptors (Lipinski definition) is 4. The average Bonchev–Trinajstić information content (AvgIpc) is 2.83. The molecule has 204 valence electrons. The molecule has 1 aromatic carbocycles. The summed E-state index contributed by atoms with van der Waals surface area (Å²) in [7, 11) is 0. The molecule has 0 saturated heterocycles. The summed E-state index contributed by atoms with van der Waals surface area (Å²) in [5.41, 5.74) is 11.8. The molecule has 0 bridgehead atoms. The van der Waals surface area contributed by atoms with Crippen LogP contribution in [0, 0.1) is 17.8 Å². The summed E-state index contributed by atoms with van der Waals surface area (Å²) < 4.78 is 0. The van der Waals surface area contributed by atoms with Gasteiger partial charge < -0.3 is 16.8 Å². The first-order chi connectivity index (χ1) is 17.1. The Morgan fingerprint density at radius 1 is 0.889 bits per heavy atom. The smallest absolute Gasteiger partial charge is 0.243 e. The molecule has 0 aliphatic rings. The lowest BCUT2D eigenvalue weighted by atomic mass is 9.68. The minimum Gasteiger partial charge on any atom is -0.368 e. The fraction of sp³-hybridized carbons (Fsp3) is 0.700. The lowest BCUT2D eigenvalue weighted by Gasteiger charge is -2.42. The third kappa shape index (κ3) is 9.68. The largest absolute Gasteiger partial charge is 0.368 e. The van der Waals surface area contributed by atoms with Gasteiger partial charge in [0.05, 0.1) is 12.0 Å². The number of ketones is 1. The Bertz CT molecular complexity index is 796. The molecule has 0 spiro atoms. The fourth-order valence-corrected chi connectivity index (χ4v) is 5.20. The molecule has 6 nitrogen and oxygen atoms in total. The Morgan fingerprint density at radius 2 is 1.47 bits per heavy atom. The summed E-state index contributed by atoms with van der Waals surface area (Å²) in [4.78, 5) is 40.3. The van der Waals surface area contributed by atoms with E-state index < -0.39 is 29.3 Å². The van der Waals surface area contributed by atoms with Crippen LogP contribution in [0.1, 0.15) is 104 Å². The molecule has 6 heteroatoms. The second-order valence-corrected chi connectivity index (χ2v) is 10.8. The van der Waals surface area contributed by atoms with Crippen molar-refractivity contribution in [2.45, 2.75) is 117 Å². The maximum Gasteiger partial charge on any atom is 0.243 e. The van der Waals surface area contributed by atoms with Crippen LogP contribution in [0.4, 0.5) is 0 Å². The van der Waals surface area contributed by atoms with Gasteiger partial charge in [0.2, 0.25) is 11.8 Å². The van der Waals surface area contributed by atoms with Crippen molar-refractivity contribution in [3.8, 4) is 0 Å². The molecule has 36 heavy (non-hydrogen) atoms. The minimum absolute atomic E-state index is 0.00715. The third-order valence-corrected chi connectivity index (χ3v) is 7.33. The van der Waals surface area contributed by atoms with Gasteiger partial charge in [-0.2, -0.15) is 0 Å². The van der Waals surface area contributed by atoms with Gasteiger partial charge in [0.15, 0.2) is 0 Å². The molecular formula is C30H51N3O3. The van der Waals surface area contributed by atoms with Gasteiger partial charge in [-0.1, -0.05) is 116 Å². The topological polar surface area (TPSA) is 115 Å². The molecule has 0 fully saturated rings. The zero-order valence-corrected chi connectivity index (χ0v) is 23.4.